The second kappa shape index (κ2) is 4.92. The summed E-state index contributed by atoms with van der Waals surface area (Å²) in [4.78, 5) is 11.0. The molecule has 0 aromatic heterocycles. The molecule has 0 amide bonds. The average molecular weight is 249 g/mol. The monoisotopic (exact) mass is 249 g/mol. The van der Waals surface area contributed by atoms with E-state index in [1.807, 2.05) is 6.07 Å². The molecule has 19 heavy (non-hydrogen) atoms. The number of carboxylic acid groups (broad SMARTS) is 1. The minimum atomic E-state index is -0.883. The molecule has 0 atom stereocenters. The molecule has 93 valence electrons. The van der Waals surface area contributed by atoms with Gasteiger partial charge in [0.15, 0.2) is 7.28 Å². The van der Waals surface area contributed by atoms with Crippen LogP contribution in [-0.4, -0.2) is 18.4 Å². The number of rotatable bonds is 2. The van der Waals surface area contributed by atoms with Crippen molar-refractivity contribution >= 4 is 18.7 Å². The third-order valence-electron chi connectivity index (χ3n) is 3.60. The summed E-state index contributed by atoms with van der Waals surface area (Å²) >= 11 is 0. The highest BCUT2D eigenvalue weighted by molar-refractivity contribution is 6.54. The van der Waals surface area contributed by atoms with E-state index in [9.17, 15) is 4.79 Å². The average Bonchev–Trinajstić information content (AvgIpc) is 2.47. The van der Waals surface area contributed by atoms with Gasteiger partial charge in [0.2, 0.25) is 0 Å². The third-order valence-corrected chi connectivity index (χ3v) is 3.60. The molecule has 3 heteroatoms. The highest BCUT2D eigenvalue weighted by atomic mass is 16.4. The molecule has 2 aromatic carbocycles. The van der Waals surface area contributed by atoms with E-state index in [2.05, 4.69) is 25.5 Å². The number of carboxylic acids is 1. The zero-order valence-corrected chi connectivity index (χ0v) is 10.6. The van der Waals surface area contributed by atoms with Crippen molar-refractivity contribution in [3.8, 4) is 11.1 Å². The number of carbonyl (C=O) groups is 1. The molecule has 2 aromatic rings. The van der Waals surface area contributed by atoms with E-state index < -0.39 is 5.97 Å². The van der Waals surface area contributed by atoms with Crippen molar-refractivity contribution in [3.63, 3.8) is 0 Å². The quantitative estimate of drug-likeness (QED) is 0.831. The Hall–Kier alpha value is -2.03. The molecule has 0 saturated heterocycles. The normalized spacial score (nSPS) is 13.5. The summed E-state index contributed by atoms with van der Waals surface area (Å²) in [6.07, 6.45) is 3.49. The van der Waals surface area contributed by atoms with Crippen LogP contribution in [0.4, 0.5) is 0 Å². The van der Waals surface area contributed by atoms with Crippen molar-refractivity contribution in [1.29, 1.82) is 0 Å². The molecule has 0 unspecified atom stereocenters. The molecule has 1 radical (unpaired) electrons. The smallest absolute Gasteiger partial charge is 0.335 e. The maximum absolute atomic E-state index is 11.0. The van der Waals surface area contributed by atoms with Gasteiger partial charge >= 0.3 is 5.97 Å². The molecule has 1 N–H and O–H groups in total. The fraction of sp³-hybridized carbons (Fsp3) is 0.188. The molecular weight excluding hydrogens is 235 g/mol. The summed E-state index contributed by atoms with van der Waals surface area (Å²) in [5, 5.41) is 9.04. The van der Waals surface area contributed by atoms with Gasteiger partial charge < -0.3 is 5.11 Å². The zero-order chi connectivity index (χ0) is 13.2. The van der Waals surface area contributed by atoms with Gasteiger partial charge in [-0.05, 0) is 29.7 Å². The SMILES string of the molecule is O=C(O)c1cccc(-c2ccc3c(c2)[B]CCC3)c1. The summed E-state index contributed by atoms with van der Waals surface area (Å²) in [7, 11) is 2.27. The van der Waals surface area contributed by atoms with E-state index in [4.69, 9.17) is 5.11 Å². The van der Waals surface area contributed by atoms with Gasteiger partial charge in [0.05, 0.1) is 5.56 Å². The van der Waals surface area contributed by atoms with Gasteiger partial charge in [0.1, 0.15) is 0 Å². The van der Waals surface area contributed by atoms with Crippen LogP contribution < -0.4 is 5.46 Å². The van der Waals surface area contributed by atoms with Gasteiger partial charge in [0, 0.05) is 0 Å². The van der Waals surface area contributed by atoms with E-state index in [1.54, 1.807) is 18.2 Å². The van der Waals surface area contributed by atoms with E-state index in [-0.39, 0.29) is 0 Å². The van der Waals surface area contributed by atoms with Crippen LogP contribution >= 0.6 is 0 Å². The van der Waals surface area contributed by atoms with Crippen LogP contribution in [0.15, 0.2) is 42.5 Å². The Balaban J connectivity index is 2.02. The van der Waals surface area contributed by atoms with Crippen LogP contribution in [0.5, 0.6) is 0 Å². The number of hydrogen-bond acceptors (Lipinski definition) is 1. The van der Waals surface area contributed by atoms with Crippen LogP contribution in [0.1, 0.15) is 22.3 Å². The van der Waals surface area contributed by atoms with E-state index in [1.165, 1.54) is 17.4 Å². The summed E-state index contributed by atoms with van der Waals surface area (Å²) in [5.41, 5.74) is 5.06. The largest absolute Gasteiger partial charge is 0.478 e. The fourth-order valence-corrected chi connectivity index (χ4v) is 2.57. The van der Waals surface area contributed by atoms with Gasteiger partial charge in [-0.3, -0.25) is 0 Å². The Bertz CT molecular complexity index is 634. The zero-order valence-electron chi connectivity index (χ0n) is 10.6. The van der Waals surface area contributed by atoms with Crippen LogP contribution in [-0.2, 0) is 6.42 Å². The molecule has 0 spiro atoms. The van der Waals surface area contributed by atoms with Crippen molar-refractivity contribution in [1.82, 2.24) is 0 Å². The highest BCUT2D eigenvalue weighted by Gasteiger charge is 2.11. The second-order valence-electron chi connectivity index (χ2n) is 4.90. The van der Waals surface area contributed by atoms with Gasteiger partial charge in [-0.2, -0.15) is 0 Å². The van der Waals surface area contributed by atoms with E-state index in [0.29, 0.717) is 5.56 Å². The number of hydrogen-bond donors (Lipinski definition) is 1. The second-order valence-corrected chi connectivity index (χ2v) is 4.90. The van der Waals surface area contributed by atoms with Crippen LogP contribution in [0.3, 0.4) is 0 Å². The summed E-state index contributed by atoms with van der Waals surface area (Å²) in [5.74, 6) is -0.883. The summed E-state index contributed by atoms with van der Waals surface area (Å²) in [6.45, 7) is 0. The molecule has 1 aliphatic rings. The first-order valence-electron chi connectivity index (χ1n) is 6.54. The summed E-state index contributed by atoms with van der Waals surface area (Å²) in [6, 6.07) is 13.5. The van der Waals surface area contributed by atoms with E-state index >= 15 is 0 Å². The first-order chi connectivity index (χ1) is 9.24. The lowest BCUT2D eigenvalue weighted by atomic mass is 9.60. The number of aryl methyl sites for hydroxylation is 1. The van der Waals surface area contributed by atoms with Gasteiger partial charge in [-0.15, -0.1) is 0 Å². The van der Waals surface area contributed by atoms with Crippen molar-refractivity contribution in [2.24, 2.45) is 0 Å². The molecule has 3 rings (SSSR count). The van der Waals surface area contributed by atoms with Crippen LogP contribution in [0.25, 0.3) is 11.1 Å². The predicted molar refractivity (Wildman–Crippen MR) is 77.4 cm³/mol. The van der Waals surface area contributed by atoms with Crippen molar-refractivity contribution in [2.45, 2.75) is 19.2 Å². The summed E-state index contributed by atoms with van der Waals surface area (Å²) < 4.78 is 0. The Labute approximate surface area is 113 Å². The molecule has 0 saturated carbocycles. The van der Waals surface area contributed by atoms with Crippen molar-refractivity contribution in [3.05, 3.63) is 53.6 Å². The number of benzene rings is 2. The molecule has 0 fully saturated rings. The van der Waals surface area contributed by atoms with Gasteiger partial charge in [-0.1, -0.05) is 54.1 Å². The Morgan fingerprint density at radius 2 is 1.95 bits per heavy atom. The fourth-order valence-electron chi connectivity index (χ4n) is 2.57. The topological polar surface area (TPSA) is 37.3 Å². The Kier molecular flexibility index (Phi) is 3.12. The first kappa shape index (κ1) is 12.0. The van der Waals surface area contributed by atoms with Crippen LogP contribution in [0.2, 0.25) is 6.32 Å². The molecule has 2 nitrogen and oxygen atoms in total. The lowest BCUT2D eigenvalue weighted by Crippen LogP contribution is -2.23. The number of fused-ring (bicyclic) bond motifs is 1. The number of aromatic carboxylic acids is 1. The van der Waals surface area contributed by atoms with E-state index in [0.717, 1.165) is 23.9 Å². The standard InChI is InChI=1S/C16H14BO2/c18-16(19)14-4-1-3-12(9-14)13-7-6-11-5-2-8-17-15(11)10-13/h1,3-4,6-7,9-10H,2,5,8H2,(H,18,19). The van der Waals surface area contributed by atoms with Crippen LogP contribution in [0, 0.1) is 0 Å². The van der Waals surface area contributed by atoms with Crippen molar-refractivity contribution < 1.29 is 9.90 Å². The maximum atomic E-state index is 11.0. The Morgan fingerprint density at radius 1 is 1.11 bits per heavy atom. The maximum Gasteiger partial charge on any atom is 0.335 e. The minimum absolute atomic E-state index is 0.333. The first-order valence-corrected chi connectivity index (χ1v) is 6.54. The third kappa shape index (κ3) is 2.41. The minimum Gasteiger partial charge on any atom is -0.478 e. The molecule has 0 aliphatic carbocycles. The molecule has 1 aliphatic heterocycles. The molecular formula is C16H14BO2. The lowest BCUT2D eigenvalue weighted by molar-refractivity contribution is 0.0697. The molecule has 0 bridgehead atoms. The molecule has 1 heterocycles. The van der Waals surface area contributed by atoms with Gasteiger partial charge in [0.25, 0.3) is 0 Å². The Morgan fingerprint density at radius 3 is 2.79 bits per heavy atom. The van der Waals surface area contributed by atoms with Gasteiger partial charge in [-0.25, -0.2) is 4.79 Å². The predicted octanol–water partition coefficient (Wildman–Crippen LogP) is 2.75. The highest BCUT2D eigenvalue weighted by Crippen LogP contribution is 2.22. The lowest BCUT2D eigenvalue weighted by Gasteiger charge is -2.16. The van der Waals surface area contributed by atoms with Crippen molar-refractivity contribution in [2.75, 3.05) is 0 Å².